The van der Waals surface area contributed by atoms with Gasteiger partial charge < -0.3 is 24.7 Å². The maximum atomic E-state index is 13.6. The number of imidazole rings is 1. The number of esters is 1. The summed E-state index contributed by atoms with van der Waals surface area (Å²) >= 11 is 5.91. The molecule has 0 bridgehead atoms. The van der Waals surface area contributed by atoms with Gasteiger partial charge in [-0.3, -0.25) is 19.1 Å². The van der Waals surface area contributed by atoms with Crippen LogP contribution in [0.3, 0.4) is 0 Å². The predicted octanol–water partition coefficient (Wildman–Crippen LogP) is 2.19. The van der Waals surface area contributed by atoms with Crippen molar-refractivity contribution in [3.63, 3.8) is 0 Å². The highest BCUT2D eigenvalue weighted by molar-refractivity contribution is 7.52. The highest BCUT2D eigenvalue weighted by Crippen LogP contribution is 2.48. The standard InChI is InChI=1S/C22H26ClN6O7P/c1-11-15(17(30)8-16(11)29-10-25-18-19(29)26-22(24)27-20(18)31)9-35-37(33,28-12(2)21(32)34-3)36-14-6-4-13(23)5-7-14/h4-7,10,12,15-17,30H,1,8-9H2,2-3H3,(H,28,33)(H3,24,26,27,31)/t12-,15-,16-,17-,37-/m0/s1. The highest BCUT2D eigenvalue weighted by atomic mass is 35.5. The van der Waals surface area contributed by atoms with E-state index in [-0.39, 0.29) is 35.9 Å². The van der Waals surface area contributed by atoms with E-state index in [1.54, 1.807) is 16.7 Å². The van der Waals surface area contributed by atoms with Crippen molar-refractivity contribution in [1.29, 1.82) is 0 Å². The van der Waals surface area contributed by atoms with Crippen molar-refractivity contribution >= 4 is 42.4 Å². The maximum Gasteiger partial charge on any atom is 0.459 e. The number of nitrogens with one attached hydrogen (secondary N) is 2. The number of hydrogen-bond donors (Lipinski definition) is 4. The molecule has 198 valence electrons. The minimum Gasteiger partial charge on any atom is -0.468 e. The van der Waals surface area contributed by atoms with Crippen LogP contribution in [-0.2, 0) is 18.6 Å². The zero-order valence-electron chi connectivity index (χ0n) is 20.0. The molecule has 15 heteroatoms. The second-order valence-electron chi connectivity index (χ2n) is 8.49. The summed E-state index contributed by atoms with van der Waals surface area (Å²) in [6.45, 7) is 5.28. The van der Waals surface area contributed by atoms with Crippen molar-refractivity contribution in [2.75, 3.05) is 19.5 Å². The number of H-pyrrole nitrogens is 1. The van der Waals surface area contributed by atoms with Crippen LogP contribution in [-0.4, -0.2) is 56.5 Å². The molecule has 0 radical (unpaired) electrons. The molecular formula is C22H26ClN6O7P. The van der Waals surface area contributed by atoms with E-state index in [0.29, 0.717) is 10.6 Å². The molecule has 0 aliphatic heterocycles. The number of aliphatic hydroxyl groups is 1. The van der Waals surface area contributed by atoms with Crippen LogP contribution in [0.1, 0.15) is 19.4 Å². The molecule has 5 N–H and O–H groups in total. The average Bonchev–Trinajstić information content (AvgIpc) is 3.38. The number of halogens is 1. The summed E-state index contributed by atoms with van der Waals surface area (Å²) in [5.41, 5.74) is 6.07. The van der Waals surface area contributed by atoms with Crippen molar-refractivity contribution in [2.24, 2.45) is 5.92 Å². The third kappa shape index (κ3) is 5.71. The molecule has 1 fully saturated rings. The summed E-state index contributed by atoms with van der Waals surface area (Å²) in [4.78, 5) is 34.7. The number of aliphatic hydroxyl groups excluding tert-OH is 1. The van der Waals surface area contributed by atoms with E-state index < -0.39 is 43.4 Å². The van der Waals surface area contributed by atoms with Gasteiger partial charge in [-0.1, -0.05) is 18.2 Å². The molecular weight excluding hydrogens is 527 g/mol. The van der Waals surface area contributed by atoms with Crippen molar-refractivity contribution in [3.8, 4) is 5.75 Å². The van der Waals surface area contributed by atoms with E-state index in [2.05, 4.69) is 26.6 Å². The number of aromatic nitrogens is 4. The number of nitrogens with zero attached hydrogens (tertiary/aromatic N) is 3. The Morgan fingerprint density at radius 3 is 2.81 bits per heavy atom. The van der Waals surface area contributed by atoms with Gasteiger partial charge in [0.2, 0.25) is 5.95 Å². The number of carbonyl (C=O) groups excluding carboxylic acids is 1. The van der Waals surface area contributed by atoms with Crippen molar-refractivity contribution in [1.82, 2.24) is 24.6 Å². The van der Waals surface area contributed by atoms with E-state index in [1.165, 1.54) is 32.5 Å². The molecule has 0 unspecified atom stereocenters. The molecule has 13 nitrogen and oxygen atoms in total. The molecule has 2 heterocycles. The van der Waals surface area contributed by atoms with Gasteiger partial charge in [-0.2, -0.15) is 10.1 Å². The van der Waals surface area contributed by atoms with Gasteiger partial charge in [0.25, 0.3) is 5.56 Å². The number of fused-ring (bicyclic) bond motifs is 1. The van der Waals surface area contributed by atoms with Crippen molar-refractivity contribution < 1.29 is 28.3 Å². The van der Waals surface area contributed by atoms with E-state index in [9.17, 15) is 19.3 Å². The zero-order chi connectivity index (χ0) is 26.9. The first-order valence-corrected chi connectivity index (χ1v) is 13.1. The summed E-state index contributed by atoms with van der Waals surface area (Å²) in [5, 5.41) is 13.8. The van der Waals surface area contributed by atoms with Gasteiger partial charge in [0.15, 0.2) is 11.2 Å². The molecule has 1 aromatic carbocycles. The van der Waals surface area contributed by atoms with Gasteiger partial charge in [0.1, 0.15) is 11.8 Å². The lowest BCUT2D eigenvalue weighted by Crippen LogP contribution is -2.35. The summed E-state index contributed by atoms with van der Waals surface area (Å²) in [6.07, 6.45) is 0.698. The van der Waals surface area contributed by atoms with E-state index >= 15 is 0 Å². The quantitative estimate of drug-likeness (QED) is 0.173. The second-order valence-corrected chi connectivity index (χ2v) is 10.6. The van der Waals surface area contributed by atoms with Crippen LogP contribution >= 0.6 is 19.3 Å². The van der Waals surface area contributed by atoms with Crippen LogP contribution in [0.5, 0.6) is 5.75 Å². The number of nitrogens with two attached hydrogens (primary N) is 1. The smallest absolute Gasteiger partial charge is 0.459 e. The fourth-order valence-electron chi connectivity index (χ4n) is 4.09. The number of rotatable bonds is 9. The molecule has 1 aliphatic carbocycles. The fourth-order valence-corrected chi connectivity index (χ4v) is 5.73. The molecule has 2 aromatic heterocycles. The first kappa shape index (κ1) is 26.8. The molecule has 3 aromatic rings. The SMILES string of the molecule is C=C1[C@H](CO[P@@](=O)(N[C@@H](C)C(=O)OC)Oc2ccc(Cl)cc2)[C@@H](O)C[C@@H]1n1cnc2c(=O)[nH]c(N)nc21. The van der Waals surface area contributed by atoms with Crippen molar-refractivity contribution in [2.45, 2.75) is 31.5 Å². The van der Waals surface area contributed by atoms with E-state index in [0.717, 1.165) is 0 Å². The van der Waals surface area contributed by atoms with Gasteiger partial charge in [-0.15, -0.1) is 0 Å². The summed E-state index contributed by atoms with van der Waals surface area (Å²) in [7, 11) is -2.96. The Balaban J connectivity index is 1.55. The average molecular weight is 553 g/mol. The van der Waals surface area contributed by atoms with Crippen LogP contribution in [0.2, 0.25) is 5.02 Å². The zero-order valence-corrected chi connectivity index (χ0v) is 21.6. The second kappa shape index (κ2) is 10.6. The predicted molar refractivity (Wildman–Crippen MR) is 135 cm³/mol. The molecule has 0 spiro atoms. The third-order valence-electron chi connectivity index (χ3n) is 5.99. The molecule has 1 saturated carbocycles. The molecule has 0 amide bonds. The molecule has 4 rings (SSSR count). The summed E-state index contributed by atoms with van der Waals surface area (Å²) in [5.74, 6) is -1.24. The number of methoxy groups -OCH3 is 1. The minimum absolute atomic E-state index is 0.0747. The lowest BCUT2D eigenvalue weighted by molar-refractivity contribution is -0.142. The van der Waals surface area contributed by atoms with Crippen LogP contribution < -0.4 is 20.9 Å². The number of benzene rings is 1. The Kier molecular flexibility index (Phi) is 7.72. The first-order chi connectivity index (χ1) is 17.5. The Labute approximate surface area is 216 Å². The molecule has 5 atom stereocenters. The van der Waals surface area contributed by atoms with Crippen molar-refractivity contribution in [3.05, 3.63) is 58.1 Å². The van der Waals surface area contributed by atoms with E-state index in [1.807, 2.05) is 0 Å². The van der Waals surface area contributed by atoms with Gasteiger partial charge in [0, 0.05) is 10.9 Å². The summed E-state index contributed by atoms with van der Waals surface area (Å²) in [6, 6.07) is 4.55. The van der Waals surface area contributed by atoms with Gasteiger partial charge in [0.05, 0.1) is 32.2 Å². The van der Waals surface area contributed by atoms with Crippen LogP contribution in [0.4, 0.5) is 5.95 Å². The largest absolute Gasteiger partial charge is 0.468 e. The monoisotopic (exact) mass is 552 g/mol. The number of ether oxygens (including phenoxy) is 1. The van der Waals surface area contributed by atoms with Crippen LogP contribution in [0.25, 0.3) is 11.2 Å². The topological polar surface area (TPSA) is 184 Å². The number of hydrogen-bond acceptors (Lipinski definition) is 10. The minimum atomic E-state index is -4.16. The Hall–Kier alpha value is -3.22. The van der Waals surface area contributed by atoms with Gasteiger partial charge in [-0.25, -0.2) is 9.55 Å². The lowest BCUT2D eigenvalue weighted by atomic mass is 10.0. The van der Waals surface area contributed by atoms with Crippen LogP contribution in [0.15, 0.2) is 47.5 Å². The number of nitrogen functional groups attached to an aromatic ring is 1. The fraction of sp³-hybridized carbons (Fsp3) is 0.364. The van der Waals surface area contributed by atoms with Gasteiger partial charge in [-0.05, 0) is 43.2 Å². The summed E-state index contributed by atoms with van der Waals surface area (Å²) < 4.78 is 31.2. The molecule has 1 aliphatic rings. The number of carbonyl (C=O) groups is 1. The van der Waals surface area contributed by atoms with E-state index in [4.69, 9.17) is 31.1 Å². The third-order valence-corrected chi connectivity index (χ3v) is 7.89. The normalized spacial score (nSPS) is 22.1. The number of aromatic amines is 1. The Morgan fingerprint density at radius 1 is 1.43 bits per heavy atom. The number of anilines is 1. The van der Waals surface area contributed by atoms with Gasteiger partial charge >= 0.3 is 13.7 Å². The lowest BCUT2D eigenvalue weighted by Gasteiger charge is -2.25. The molecule has 0 saturated heterocycles. The first-order valence-electron chi connectivity index (χ1n) is 11.2. The maximum absolute atomic E-state index is 13.6. The molecule has 37 heavy (non-hydrogen) atoms. The van der Waals surface area contributed by atoms with Crippen LogP contribution in [0, 0.1) is 5.92 Å². The Bertz CT molecular complexity index is 1430. The highest BCUT2D eigenvalue weighted by Gasteiger charge is 2.41. The Morgan fingerprint density at radius 2 is 2.14 bits per heavy atom.